The number of carbonyl (C=O) groups is 3. The number of ether oxygens (including phenoxy) is 1. The molecule has 29 heavy (non-hydrogen) atoms. The standard InChI is InChI=1S/C22H24N2O4S/c1-14(20(25)23-17-10-9-15-5-2-6-16(15)13-17)28-22(27)18-7-3-11-24(18)21(26)19-8-4-12-29-19/h4,8-10,12-14,18H,2-3,5-7,11H2,1H3,(H,23,25)/t14-,18+/m1/s1. The van der Waals surface area contributed by atoms with Crippen molar-refractivity contribution < 1.29 is 19.1 Å². The highest BCUT2D eigenvalue weighted by atomic mass is 32.1. The Hall–Kier alpha value is -2.67. The van der Waals surface area contributed by atoms with E-state index < -0.39 is 18.1 Å². The van der Waals surface area contributed by atoms with Gasteiger partial charge in [0.05, 0.1) is 4.88 Å². The number of hydrogen-bond donors (Lipinski definition) is 1. The lowest BCUT2D eigenvalue weighted by Crippen LogP contribution is -2.43. The van der Waals surface area contributed by atoms with Crippen molar-refractivity contribution in [1.29, 1.82) is 0 Å². The molecule has 0 spiro atoms. The Kier molecular flexibility index (Phi) is 5.67. The number of carbonyl (C=O) groups excluding carboxylic acids is 3. The summed E-state index contributed by atoms with van der Waals surface area (Å²) in [6.07, 6.45) is 3.61. The van der Waals surface area contributed by atoms with Gasteiger partial charge in [0.25, 0.3) is 11.8 Å². The molecule has 4 rings (SSSR count). The van der Waals surface area contributed by atoms with Crippen LogP contribution in [0.2, 0.25) is 0 Å². The number of nitrogens with one attached hydrogen (secondary N) is 1. The summed E-state index contributed by atoms with van der Waals surface area (Å²) >= 11 is 1.35. The number of esters is 1. The predicted octanol–water partition coefficient (Wildman–Crippen LogP) is 3.41. The molecule has 1 aliphatic heterocycles. The average molecular weight is 413 g/mol. The van der Waals surface area contributed by atoms with Crippen LogP contribution in [0, 0.1) is 0 Å². The number of nitrogens with zero attached hydrogens (tertiary/aromatic N) is 1. The second-order valence-electron chi connectivity index (χ2n) is 7.54. The van der Waals surface area contributed by atoms with Crippen LogP contribution in [0.25, 0.3) is 0 Å². The second-order valence-corrected chi connectivity index (χ2v) is 8.49. The normalized spacial score (nSPS) is 18.9. The van der Waals surface area contributed by atoms with E-state index in [1.807, 2.05) is 29.6 Å². The summed E-state index contributed by atoms with van der Waals surface area (Å²) < 4.78 is 5.42. The van der Waals surface area contributed by atoms with Crippen LogP contribution >= 0.6 is 11.3 Å². The first kappa shape index (κ1) is 19.6. The van der Waals surface area contributed by atoms with Crippen molar-refractivity contribution in [1.82, 2.24) is 4.90 Å². The number of benzene rings is 1. The molecule has 1 N–H and O–H groups in total. The molecule has 2 amide bonds. The van der Waals surface area contributed by atoms with Gasteiger partial charge in [-0.05, 0) is 73.7 Å². The van der Waals surface area contributed by atoms with E-state index in [0.717, 1.165) is 25.7 Å². The number of rotatable bonds is 5. The summed E-state index contributed by atoms with van der Waals surface area (Å²) in [6, 6.07) is 8.84. The zero-order chi connectivity index (χ0) is 20.4. The predicted molar refractivity (Wildman–Crippen MR) is 111 cm³/mol. The maximum Gasteiger partial charge on any atom is 0.329 e. The van der Waals surface area contributed by atoms with Gasteiger partial charge >= 0.3 is 5.97 Å². The smallest absolute Gasteiger partial charge is 0.329 e. The number of fused-ring (bicyclic) bond motifs is 1. The number of likely N-dealkylation sites (tertiary alicyclic amines) is 1. The zero-order valence-electron chi connectivity index (χ0n) is 16.3. The van der Waals surface area contributed by atoms with E-state index in [9.17, 15) is 14.4 Å². The van der Waals surface area contributed by atoms with Gasteiger partial charge in [0.2, 0.25) is 0 Å². The molecule has 2 aromatic rings. The first-order chi connectivity index (χ1) is 14.0. The minimum atomic E-state index is -0.935. The van der Waals surface area contributed by atoms with Gasteiger partial charge in [-0.15, -0.1) is 11.3 Å². The average Bonchev–Trinajstić information content (AvgIpc) is 3.48. The molecule has 1 fully saturated rings. The number of aryl methyl sites for hydroxylation is 2. The van der Waals surface area contributed by atoms with Gasteiger partial charge in [0.1, 0.15) is 6.04 Å². The first-order valence-electron chi connectivity index (χ1n) is 10.0. The fraction of sp³-hybridized carbons (Fsp3) is 0.409. The van der Waals surface area contributed by atoms with E-state index in [4.69, 9.17) is 4.74 Å². The van der Waals surface area contributed by atoms with Crippen molar-refractivity contribution in [2.75, 3.05) is 11.9 Å². The Balaban J connectivity index is 1.36. The molecule has 7 heteroatoms. The summed E-state index contributed by atoms with van der Waals surface area (Å²) in [5.74, 6) is -1.05. The second kappa shape index (κ2) is 8.37. The summed E-state index contributed by atoms with van der Waals surface area (Å²) in [4.78, 5) is 39.9. The van der Waals surface area contributed by atoms with Crippen LogP contribution in [0.5, 0.6) is 0 Å². The van der Waals surface area contributed by atoms with Gasteiger partial charge in [-0.2, -0.15) is 0 Å². The third-order valence-electron chi connectivity index (χ3n) is 5.55. The van der Waals surface area contributed by atoms with Crippen LogP contribution in [0.3, 0.4) is 0 Å². The van der Waals surface area contributed by atoms with Crippen LogP contribution in [0.4, 0.5) is 5.69 Å². The SMILES string of the molecule is C[C@@H](OC(=O)[C@@H]1CCCN1C(=O)c1cccs1)C(=O)Nc1ccc2c(c1)CCC2. The maximum absolute atomic E-state index is 12.7. The van der Waals surface area contributed by atoms with Crippen LogP contribution in [-0.2, 0) is 27.2 Å². The van der Waals surface area contributed by atoms with E-state index in [1.54, 1.807) is 17.9 Å². The molecule has 0 bridgehead atoms. The lowest BCUT2D eigenvalue weighted by Gasteiger charge is -2.24. The zero-order valence-corrected chi connectivity index (χ0v) is 17.2. The lowest BCUT2D eigenvalue weighted by atomic mass is 10.1. The molecule has 2 atom stereocenters. The molecular formula is C22H24N2O4S. The molecule has 6 nitrogen and oxygen atoms in total. The summed E-state index contributed by atoms with van der Waals surface area (Å²) in [6.45, 7) is 2.08. The number of amides is 2. The van der Waals surface area contributed by atoms with Gasteiger partial charge < -0.3 is 15.0 Å². The third kappa shape index (κ3) is 4.19. The molecule has 1 aliphatic carbocycles. The molecule has 2 heterocycles. The van der Waals surface area contributed by atoms with E-state index in [0.29, 0.717) is 23.5 Å². The molecule has 1 saturated heterocycles. The highest BCUT2D eigenvalue weighted by molar-refractivity contribution is 7.12. The van der Waals surface area contributed by atoms with Gasteiger partial charge in [0, 0.05) is 12.2 Å². The largest absolute Gasteiger partial charge is 0.451 e. The molecule has 2 aliphatic rings. The van der Waals surface area contributed by atoms with Gasteiger partial charge in [-0.3, -0.25) is 9.59 Å². The first-order valence-corrected chi connectivity index (χ1v) is 10.9. The topological polar surface area (TPSA) is 75.7 Å². The highest BCUT2D eigenvalue weighted by Gasteiger charge is 2.37. The molecule has 0 saturated carbocycles. The van der Waals surface area contributed by atoms with Crippen molar-refractivity contribution in [2.45, 2.75) is 51.2 Å². The van der Waals surface area contributed by atoms with Crippen LogP contribution in [0.1, 0.15) is 47.0 Å². The van der Waals surface area contributed by atoms with Crippen molar-refractivity contribution >= 4 is 34.8 Å². The number of thiophene rings is 1. The fourth-order valence-electron chi connectivity index (χ4n) is 4.00. The summed E-state index contributed by atoms with van der Waals surface area (Å²) in [5, 5.41) is 4.66. The van der Waals surface area contributed by atoms with Crippen molar-refractivity contribution in [2.24, 2.45) is 0 Å². The van der Waals surface area contributed by atoms with Crippen molar-refractivity contribution in [3.63, 3.8) is 0 Å². The molecule has 0 radical (unpaired) electrons. The highest BCUT2D eigenvalue weighted by Crippen LogP contribution is 2.26. The van der Waals surface area contributed by atoms with E-state index in [2.05, 4.69) is 5.32 Å². The Morgan fingerprint density at radius 1 is 1.17 bits per heavy atom. The van der Waals surface area contributed by atoms with E-state index in [1.165, 1.54) is 22.5 Å². The Bertz CT molecular complexity index is 925. The van der Waals surface area contributed by atoms with Gasteiger partial charge in [-0.1, -0.05) is 12.1 Å². The molecule has 1 aromatic carbocycles. The maximum atomic E-state index is 12.7. The monoisotopic (exact) mass is 412 g/mol. The van der Waals surface area contributed by atoms with Crippen LogP contribution in [-0.4, -0.2) is 41.4 Å². The van der Waals surface area contributed by atoms with E-state index in [-0.39, 0.29) is 11.8 Å². The minimum Gasteiger partial charge on any atom is -0.451 e. The Morgan fingerprint density at radius 3 is 2.79 bits per heavy atom. The number of anilines is 1. The van der Waals surface area contributed by atoms with E-state index >= 15 is 0 Å². The molecule has 152 valence electrons. The van der Waals surface area contributed by atoms with Crippen molar-refractivity contribution in [3.05, 3.63) is 51.7 Å². The number of hydrogen-bond acceptors (Lipinski definition) is 5. The van der Waals surface area contributed by atoms with Gasteiger partial charge in [0.15, 0.2) is 6.10 Å². The third-order valence-corrected chi connectivity index (χ3v) is 6.40. The summed E-state index contributed by atoms with van der Waals surface area (Å²) in [7, 11) is 0. The Morgan fingerprint density at radius 2 is 2.00 bits per heavy atom. The Labute approximate surface area is 173 Å². The minimum absolute atomic E-state index is 0.158. The molecule has 0 unspecified atom stereocenters. The molecular weight excluding hydrogens is 388 g/mol. The van der Waals surface area contributed by atoms with Gasteiger partial charge in [-0.25, -0.2) is 4.79 Å². The summed E-state index contributed by atoms with van der Waals surface area (Å²) in [5.41, 5.74) is 3.31. The van der Waals surface area contributed by atoms with Crippen LogP contribution in [0.15, 0.2) is 35.7 Å². The lowest BCUT2D eigenvalue weighted by molar-refractivity contribution is -0.156. The quantitative estimate of drug-likeness (QED) is 0.764. The van der Waals surface area contributed by atoms with Crippen LogP contribution < -0.4 is 5.32 Å². The van der Waals surface area contributed by atoms with Crippen molar-refractivity contribution in [3.8, 4) is 0 Å². The fourth-order valence-corrected chi connectivity index (χ4v) is 4.68. The molecule has 1 aromatic heterocycles.